The number of benzene rings is 1. The van der Waals surface area contributed by atoms with E-state index in [1.54, 1.807) is 0 Å². The van der Waals surface area contributed by atoms with Crippen LogP contribution in [0.25, 0.3) is 5.69 Å². The maximum Gasteiger partial charge on any atom is 0.326 e. The average molecular weight is 302 g/mol. The summed E-state index contributed by atoms with van der Waals surface area (Å²) >= 11 is 0. The van der Waals surface area contributed by atoms with Gasteiger partial charge in [-0.2, -0.15) is 0 Å². The molecular weight excluding hydrogens is 284 g/mol. The molecule has 1 aromatic heterocycles. The molecule has 0 aliphatic heterocycles. The second-order valence-corrected chi connectivity index (χ2v) is 4.89. The predicted octanol–water partition coefficient (Wildman–Crippen LogP) is 1.64. The summed E-state index contributed by atoms with van der Waals surface area (Å²) in [5, 5.41) is 19.3. The Kier molecular flexibility index (Phi) is 5.24. The minimum absolute atomic E-state index is 0.0894. The molecule has 7 heteroatoms. The number of carbonyl (C=O) groups is 2. The van der Waals surface area contributed by atoms with Crippen molar-refractivity contribution >= 4 is 11.9 Å². The van der Waals surface area contributed by atoms with Gasteiger partial charge in [0.15, 0.2) is 5.69 Å². The van der Waals surface area contributed by atoms with Gasteiger partial charge in [0.05, 0.1) is 11.9 Å². The van der Waals surface area contributed by atoms with Gasteiger partial charge < -0.3 is 10.4 Å². The summed E-state index contributed by atoms with van der Waals surface area (Å²) in [6.45, 7) is 1.96. The minimum Gasteiger partial charge on any atom is -0.480 e. The summed E-state index contributed by atoms with van der Waals surface area (Å²) in [6.07, 6.45) is 3.46. The third-order valence-electron chi connectivity index (χ3n) is 3.20. The summed E-state index contributed by atoms with van der Waals surface area (Å²) in [6, 6.07) is 8.33. The van der Waals surface area contributed by atoms with Gasteiger partial charge in [0.1, 0.15) is 6.04 Å². The van der Waals surface area contributed by atoms with E-state index in [1.165, 1.54) is 10.9 Å². The number of para-hydroxylation sites is 1. The van der Waals surface area contributed by atoms with Gasteiger partial charge in [-0.15, -0.1) is 5.10 Å². The number of unbranched alkanes of at least 4 members (excludes halogenated alkanes) is 1. The number of carboxylic acid groups (broad SMARTS) is 1. The fraction of sp³-hybridized carbons (Fsp3) is 0.333. The van der Waals surface area contributed by atoms with Crippen LogP contribution in [0.5, 0.6) is 0 Å². The van der Waals surface area contributed by atoms with Crippen LogP contribution in [0, 0.1) is 0 Å². The van der Waals surface area contributed by atoms with E-state index in [0.717, 1.165) is 18.5 Å². The smallest absolute Gasteiger partial charge is 0.326 e. The molecule has 1 heterocycles. The van der Waals surface area contributed by atoms with Crippen LogP contribution in [0.3, 0.4) is 0 Å². The van der Waals surface area contributed by atoms with Gasteiger partial charge in [-0.3, -0.25) is 4.79 Å². The number of hydrogen-bond donors (Lipinski definition) is 2. The highest BCUT2D eigenvalue weighted by molar-refractivity contribution is 5.94. The molecule has 0 saturated carbocycles. The van der Waals surface area contributed by atoms with E-state index in [1.807, 2.05) is 37.3 Å². The van der Waals surface area contributed by atoms with Crippen molar-refractivity contribution in [2.24, 2.45) is 0 Å². The average Bonchev–Trinajstić information content (AvgIpc) is 3.02. The molecule has 2 N–H and O–H groups in total. The van der Waals surface area contributed by atoms with E-state index in [0.29, 0.717) is 6.42 Å². The summed E-state index contributed by atoms with van der Waals surface area (Å²) in [7, 11) is 0. The lowest BCUT2D eigenvalue weighted by Gasteiger charge is -2.12. The molecule has 1 unspecified atom stereocenters. The standard InChI is InChI=1S/C15H18N4O3/c1-2-3-9-12(15(21)22)16-14(20)13-10-19(18-17-13)11-7-5-4-6-8-11/h4-8,10,12H,2-3,9H2,1H3,(H,16,20)(H,21,22). The summed E-state index contributed by atoms with van der Waals surface area (Å²) in [5.41, 5.74) is 0.862. The first-order chi connectivity index (χ1) is 10.6. The van der Waals surface area contributed by atoms with Gasteiger partial charge >= 0.3 is 5.97 Å². The number of carbonyl (C=O) groups excluding carboxylic acids is 1. The van der Waals surface area contributed by atoms with Crippen LogP contribution in [0.4, 0.5) is 0 Å². The third-order valence-corrected chi connectivity index (χ3v) is 3.20. The van der Waals surface area contributed by atoms with Crippen molar-refractivity contribution in [3.05, 3.63) is 42.2 Å². The Hall–Kier alpha value is -2.70. The topological polar surface area (TPSA) is 97.1 Å². The number of carboxylic acids is 1. The van der Waals surface area contributed by atoms with Crippen LogP contribution in [0.15, 0.2) is 36.5 Å². The summed E-state index contributed by atoms with van der Waals surface area (Å²) < 4.78 is 1.47. The summed E-state index contributed by atoms with van der Waals surface area (Å²) in [4.78, 5) is 23.2. The molecule has 116 valence electrons. The number of hydrogen-bond acceptors (Lipinski definition) is 4. The predicted molar refractivity (Wildman–Crippen MR) is 79.8 cm³/mol. The van der Waals surface area contributed by atoms with Crippen molar-refractivity contribution in [3.8, 4) is 5.69 Å². The lowest BCUT2D eigenvalue weighted by atomic mass is 10.1. The number of rotatable bonds is 7. The van der Waals surface area contributed by atoms with Crippen molar-refractivity contribution in [3.63, 3.8) is 0 Å². The van der Waals surface area contributed by atoms with Crippen molar-refractivity contribution < 1.29 is 14.7 Å². The van der Waals surface area contributed by atoms with Crippen LogP contribution in [0.2, 0.25) is 0 Å². The van der Waals surface area contributed by atoms with E-state index in [4.69, 9.17) is 5.11 Å². The quantitative estimate of drug-likeness (QED) is 0.810. The molecule has 2 aromatic rings. The fourth-order valence-electron chi connectivity index (χ4n) is 1.97. The Labute approximate surface area is 128 Å². The molecule has 7 nitrogen and oxygen atoms in total. The first-order valence-electron chi connectivity index (χ1n) is 7.13. The van der Waals surface area contributed by atoms with E-state index in [-0.39, 0.29) is 5.69 Å². The van der Waals surface area contributed by atoms with Crippen molar-refractivity contribution in [2.45, 2.75) is 32.2 Å². The monoisotopic (exact) mass is 302 g/mol. The first-order valence-corrected chi connectivity index (χ1v) is 7.13. The van der Waals surface area contributed by atoms with E-state index >= 15 is 0 Å². The highest BCUT2D eigenvalue weighted by Gasteiger charge is 2.21. The van der Waals surface area contributed by atoms with Crippen LogP contribution in [0.1, 0.15) is 36.7 Å². The molecule has 1 aromatic carbocycles. The van der Waals surface area contributed by atoms with Gasteiger partial charge in [-0.1, -0.05) is 43.2 Å². The Morgan fingerprint density at radius 3 is 2.68 bits per heavy atom. The van der Waals surface area contributed by atoms with Gasteiger partial charge in [0.2, 0.25) is 0 Å². The molecule has 1 amide bonds. The maximum atomic E-state index is 12.1. The zero-order valence-electron chi connectivity index (χ0n) is 12.3. The summed E-state index contributed by atoms with van der Waals surface area (Å²) in [5.74, 6) is -1.58. The number of aliphatic carboxylic acids is 1. The number of amides is 1. The molecule has 0 radical (unpaired) electrons. The Morgan fingerprint density at radius 2 is 2.05 bits per heavy atom. The molecule has 0 saturated heterocycles. The Morgan fingerprint density at radius 1 is 1.32 bits per heavy atom. The molecule has 2 rings (SSSR count). The highest BCUT2D eigenvalue weighted by atomic mass is 16.4. The maximum absolute atomic E-state index is 12.1. The lowest BCUT2D eigenvalue weighted by Crippen LogP contribution is -2.40. The Balaban J connectivity index is 2.06. The van der Waals surface area contributed by atoms with E-state index in [9.17, 15) is 9.59 Å². The zero-order chi connectivity index (χ0) is 15.9. The van der Waals surface area contributed by atoms with Crippen LogP contribution < -0.4 is 5.32 Å². The van der Waals surface area contributed by atoms with Crippen molar-refractivity contribution in [1.29, 1.82) is 0 Å². The number of aromatic nitrogens is 3. The molecule has 0 spiro atoms. The Bertz CT molecular complexity index is 639. The first kappa shape index (κ1) is 15.7. The highest BCUT2D eigenvalue weighted by Crippen LogP contribution is 2.07. The van der Waals surface area contributed by atoms with Gasteiger partial charge in [-0.05, 0) is 18.6 Å². The van der Waals surface area contributed by atoms with Gasteiger partial charge in [-0.25, -0.2) is 9.48 Å². The number of nitrogens with one attached hydrogen (secondary N) is 1. The third kappa shape index (κ3) is 3.91. The van der Waals surface area contributed by atoms with Gasteiger partial charge in [0.25, 0.3) is 5.91 Å². The normalized spacial score (nSPS) is 11.9. The second-order valence-electron chi connectivity index (χ2n) is 4.89. The van der Waals surface area contributed by atoms with Crippen molar-refractivity contribution in [2.75, 3.05) is 0 Å². The molecule has 0 fully saturated rings. The zero-order valence-corrected chi connectivity index (χ0v) is 12.3. The molecule has 0 bridgehead atoms. The van der Waals surface area contributed by atoms with E-state index in [2.05, 4.69) is 15.6 Å². The van der Waals surface area contributed by atoms with Crippen molar-refractivity contribution in [1.82, 2.24) is 20.3 Å². The lowest BCUT2D eigenvalue weighted by molar-refractivity contribution is -0.139. The SMILES string of the molecule is CCCCC(NC(=O)c1cn(-c2ccccc2)nn1)C(=O)O. The largest absolute Gasteiger partial charge is 0.480 e. The fourth-order valence-corrected chi connectivity index (χ4v) is 1.97. The minimum atomic E-state index is -1.04. The van der Waals surface area contributed by atoms with Crippen LogP contribution in [-0.4, -0.2) is 38.0 Å². The van der Waals surface area contributed by atoms with Gasteiger partial charge in [0, 0.05) is 0 Å². The molecular formula is C15H18N4O3. The second kappa shape index (κ2) is 7.35. The molecule has 1 atom stereocenters. The van der Waals surface area contributed by atoms with Crippen LogP contribution >= 0.6 is 0 Å². The molecule has 0 aliphatic rings. The molecule has 22 heavy (non-hydrogen) atoms. The number of nitrogens with zero attached hydrogens (tertiary/aromatic N) is 3. The van der Waals surface area contributed by atoms with E-state index < -0.39 is 17.9 Å². The van der Waals surface area contributed by atoms with Crippen LogP contribution in [-0.2, 0) is 4.79 Å². The molecule has 0 aliphatic carbocycles.